The summed E-state index contributed by atoms with van der Waals surface area (Å²) in [5, 5.41) is 5.19. The first-order valence-electron chi connectivity index (χ1n) is 17.5. The first kappa shape index (κ1) is 37.8. The van der Waals surface area contributed by atoms with E-state index in [-0.39, 0.29) is 41.4 Å². The standard InChI is InChI=1S/C40H34F4N6O6/c1-23-9-13-34(36(52)45-23)50-37(53)30-12-11-29(22-31(30)38(50)54)56-18-17-55-16-15-48(2)27-7-4-8-28(21-27)49-33-14-10-26(41)20-32(33)46-39(49)47-35(51)24-5-3-6-25(19-24)40(42,43)44/h3-8,10-12,14,19-22,34H,1,9,13,15-18H2,2H3,(H,45,52)(H,46,47,51). The number of alkyl halides is 3. The van der Waals surface area contributed by atoms with Crippen LogP contribution < -0.4 is 20.3 Å². The zero-order chi connectivity index (χ0) is 39.7. The van der Waals surface area contributed by atoms with Crippen LogP contribution in [0.5, 0.6) is 5.75 Å². The molecule has 2 aliphatic rings. The van der Waals surface area contributed by atoms with Gasteiger partial charge in [-0.2, -0.15) is 13.2 Å². The summed E-state index contributed by atoms with van der Waals surface area (Å²) in [5.74, 6) is -2.56. The largest absolute Gasteiger partial charge is 0.491 e. The summed E-state index contributed by atoms with van der Waals surface area (Å²) >= 11 is 0. The highest BCUT2D eigenvalue weighted by molar-refractivity contribution is 6.23. The molecule has 0 aliphatic carbocycles. The highest BCUT2D eigenvalue weighted by Crippen LogP contribution is 2.33. The zero-order valence-electron chi connectivity index (χ0n) is 29.9. The molecule has 0 radical (unpaired) electrons. The first-order valence-corrected chi connectivity index (χ1v) is 17.5. The lowest BCUT2D eigenvalue weighted by Crippen LogP contribution is -2.51. The Labute approximate surface area is 317 Å². The van der Waals surface area contributed by atoms with Crippen molar-refractivity contribution < 1.29 is 46.2 Å². The number of imidazole rings is 1. The van der Waals surface area contributed by atoms with E-state index in [0.717, 1.165) is 28.8 Å². The van der Waals surface area contributed by atoms with Gasteiger partial charge in [0.15, 0.2) is 0 Å². The lowest BCUT2D eigenvalue weighted by atomic mass is 10.0. The van der Waals surface area contributed by atoms with Gasteiger partial charge >= 0.3 is 6.18 Å². The van der Waals surface area contributed by atoms with Gasteiger partial charge in [-0.3, -0.25) is 34.0 Å². The van der Waals surface area contributed by atoms with E-state index in [0.29, 0.717) is 48.6 Å². The van der Waals surface area contributed by atoms with Crippen molar-refractivity contribution in [2.24, 2.45) is 0 Å². The summed E-state index contributed by atoms with van der Waals surface area (Å²) in [6.07, 6.45) is -3.87. The maximum atomic E-state index is 14.2. The fourth-order valence-electron chi connectivity index (χ4n) is 6.55. The summed E-state index contributed by atoms with van der Waals surface area (Å²) in [7, 11) is 1.84. The normalized spacial score (nSPS) is 15.6. The van der Waals surface area contributed by atoms with Crippen LogP contribution in [-0.4, -0.2) is 77.5 Å². The van der Waals surface area contributed by atoms with Gasteiger partial charge in [-0.25, -0.2) is 9.37 Å². The summed E-state index contributed by atoms with van der Waals surface area (Å²) in [6.45, 7) is 4.85. The molecule has 1 fully saturated rings. The van der Waals surface area contributed by atoms with Gasteiger partial charge in [0.25, 0.3) is 17.7 Å². The minimum atomic E-state index is -4.64. The van der Waals surface area contributed by atoms with Gasteiger partial charge in [-0.15, -0.1) is 0 Å². The van der Waals surface area contributed by atoms with E-state index in [9.17, 15) is 36.7 Å². The van der Waals surface area contributed by atoms with Crippen LogP contribution >= 0.6 is 0 Å². The van der Waals surface area contributed by atoms with Crippen LogP contribution in [0.1, 0.15) is 49.5 Å². The fourth-order valence-corrected chi connectivity index (χ4v) is 6.55. The summed E-state index contributed by atoms with van der Waals surface area (Å²) in [6, 6.07) is 18.8. The SMILES string of the molecule is C=C1CCC(N2C(=O)c3ccc(OCCOCCN(C)c4cccc(-n5c(NC(=O)c6cccc(C(F)(F)F)c6)nc6cc(F)ccc65)c4)cc3C2=O)C(=O)N1. The molecule has 0 saturated carbocycles. The second-order valence-electron chi connectivity index (χ2n) is 13.2. The maximum Gasteiger partial charge on any atom is 0.416 e. The second-order valence-corrected chi connectivity index (χ2v) is 13.2. The third kappa shape index (κ3) is 7.68. The predicted molar refractivity (Wildman–Crippen MR) is 197 cm³/mol. The van der Waals surface area contributed by atoms with Crippen molar-refractivity contribution in [2.45, 2.75) is 25.1 Å². The summed E-state index contributed by atoms with van der Waals surface area (Å²) in [5.41, 5.74) is 1.68. The quantitative estimate of drug-likeness (QED) is 0.0852. The Hall–Kier alpha value is -6.55. The Morgan fingerprint density at radius 2 is 1.75 bits per heavy atom. The van der Waals surface area contributed by atoms with Crippen LogP contribution in [0, 0.1) is 5.82 Å². The van der Waals surface area contributed by atoms with Crippen LogP contribution in [-0.2, 0) is 15.7 Å². The molecule has 1 saturated heterocycles. The minimum absolute atomic E-state index is 0.0175. The number of likely N-dealkylation sites (N-methyl/N-ethyl adjacent to an activating group) is 1. The van der Waals surface area contributed by atoms with E-state index in [1.807, 2.05) is 24.1 Å². The van der Waals surface area contributed by atoms with Crippen LogP contribution in [0.2, 0.25) is 0 Å². The number of aromatic nitrogens is 2. The Morgan fingerprint density at radius 1 is 0.964 bits per heavy atom. The Bertz CT molecular complexity index is 2390. The van der Waals surface area contributed by atoms with Crippen molar-refractivity contribution in [1.82, 2.24) is 19.8 Å². The van der Waals surface area contributed by atoms with Crippen LogP contribution in [0.4, 0.5) is 29.2 Å². The van der Waals surface area contributed by atoms with Gasteiger partial charge in [0.05, 0.1) is 46.6 Å². The second kappa shape index (κ2) is 15.3. The molecule has 0 spiro atoms. The van der Waals surface area contributed by atoms with Crippen LogP contribution in [0.25, 0.3) is 16.7 Å². The van der Waals surface area contributed by atoms with Gasteiger partial charge in [0.2, 0.25) is 11.9 Å². The number of halogens is 4. The molecule has 4 aromatic carbocycles. The van der Waals surface area contributed by atoms with Gasteiger partial charge in [0.1, 0.15) is 24.2 Å². The highest BCUT2D eigenvalue weighted by atomic mass is 19.4. The molecule has 1 atom stereocenters. The van der Waals surface area contributed by atoms with E-state index in [1.54, 1.807) is 22.8 Å². The van der Waals surface area contributed by atoms with Crippen molar-refractivity contribution in [2.75, 3.05) is 43.6 Å². The van der Waals surface area contributed by atoms with Crippen molar-refractivity contribution >= 4 is 46.3 Å². The van der Waals surface area contributed by atoms with Crippen molar-refractivity contribution in [1.29, 1.82) is 0 Å². The van der Waals surface area contributed by atoms with Crippen molar-refractivity contribution in [3.63, 3.8) is 0 Å². The number of carbonyl (C=O) groups excluding carboxylic acids is 4. The van der Waals surface area contributed by atoms with E-state index in [2.05, 4.69) is 22.2 Å². The van der Waals surface area contributed by atoms with Gasteiger partial charge in [0, 0.05) is 36.6 Å². The molecular weight excluding hydrogens is 736 g/mol. The predicted octanol–water partition coefficient (Wildman–Crippen LogP) is 6.36. The molecule has 16 heteroatoms. The van der Waals surface area contributed by atoms with E-state index in [1.165, 1.54) is 36.4 Å². The van der Waals surface area contributed by atoms with Gasteiger partial charge in [-0.1, -0.05) is 18.7 Å². The Balaban J connectivity index is 0.961. The number of ether oxygens (including phenoxy) is 2. The molecule has 56 heavy (non-hydrogen) atoms. The monoisotopic (exact) mass is 770 g/mol. The third-order valence-electron chi connectivity index (χ3n) is 9.41. The molecule has 288 valence electrons. The molecule has 2 N–H and O–H groups in total. The highest BCUT2D eigenvalue weighted by Gasteiger charge is 2.44. The molecule has 4 amide bonds. The average molecular weight is 771 g/mol. The number of nitrogens with zero attached hydrogens (tertiary/aromatic N) is 4. The number of imide groups is 1. The molecule has 3 heterocycles. The van der Waals surface area contributed by atoms with Crippen LogP contribution in [0.15, 0.2) is 97.2 Å². The van der Waals surface area contributed by atoms with Gasteiger partial charge < -0.3 is 19.7 Å². The Kier molecular flexibility index (Phi) is 10.3. The zero-order valence-corrected chi connectivity index (χ0v) is 29.9. The number of hydrogen-bond acceptors (Lipinski definition) is 8. The molecule has 1 unspecified atom stereocenters. The molecule has 2 aliphatic heterocycles. The number of allylic oxidation sites excluding steroid dienone is 1. The number of carbonyl (C=O) groups is 4. The molecule has 1 aromatic heterocycles. The number of nitrogens with one attached hydrogen (secondary N) is 2. The lowest BCUT2D eigenvalue weighted by molar-refractivity contribution is -0.137. The maximum absolute atomic E-state index is 14.2. The van der Waals surface area contributed by atoms with Crippen LogP contribution in [0.3, 0.4) is 0 Å². The molecule has 7 rings (SSSR count). The number of piperidine rings is 1. The summed E-state index contributed by atoms with van der Waals surface area (Å²) < 4.78 is 67.3. The molecule has 0 bridgehead atoms. The fraction of sp³-hybridized carbons (Fsp3) is 0.225. The van der Waals surface area contributed by atoms with E-state index < -0.39 is 47.2 Å². The van der Waals surface area contributed by atoms with E-state index >= 15 is 0 Å². The summed E-state index contributed by atoms with van der Waals surface area (Å²) in [4.78, 5) is 59.0. The minimum Gasteiger partial charge on any atom is -0.491 e. The topological polar surface area (TPSA) is 135 Å². The number of hydrogen-bond donors (Lipinski definition) is 2. The lowest BCUT2D eigenvalue weighted by Gasteiger charge is -2.29. The van der Waals surface area contributed by atoms with Crippen molar-refractivity contribution in [3.8, 4) is 11.4 Å². The Morgan fingerprint density at radius 3 is 2.54 bits per heavy atom. The first-order chi connectivity index (χ1) is 26.8. The molecule has 5 aromatic rings. The third-order valence-corrected chi connectivity index (χ3v) is 9.41. The number of rotatable bonds is 12. The molecule has 12 nitrogen and oxygen atoms in total. The molecular formula is C40H34F4N6O6. The van der Waals surface area contributed by atoms with E-state index in [4.69, 9.17) is 9.47 Å². The van der Waals surface area contributed by atoms with Gasteiger partial charge in [-0.05, 0) is 79.6 Å². The van der Waals surface area contributed by atoms with Crippen molar-refractivity contribution in [3.05, 3.63) is 125 Å². The smallest absolute Gasteiger partial charge is 0.416 e. The number of benzene rings is 4. The number of fused-ring (bicyclic) bond motifs is 2. The number of amides is 4. The average Bonchev–Trinajstić information content (AvgIpc) is 3.64. The number of anilines is 2.